The van der Waals surface area contributed by atoms with Gasteiger partial charge in [-0.2, -0.15) is 0 Å². The van der Waals surface area contributed by atoms with Crippen molar-refractivity contribution < 1.29 is 34.2 Å². The van der Waals surface area contributed by atoms with Gasteiger partial charge < -0.3 is 10.2 Å². The van der Waals surface area contributed by atoms with E-state index in [0.29, 0.717) is 47.9 Å². The Kier molecular flexibility index (Phi) is 8.61. The van der Waals surface area contributed by atoms with Crippen molar-refractivity contribution in [3.8, 4) is 5.75 Å². The molecule has 49 heavy (non-hydrogen) atoms. The average molecular weight is 678 g/mol. The number of fused-ring (bicyclic) bond motifs is 4. The van der Waals surface area contributed by atoms with Crippen LogP contribution >= 0.6 is 11.6 Å². The number of likely N-dealkylation sites (tertiary alicyclic amines) is 1. The number of rotatable bonds is 9. The zero-order valence-electron chi connectivity index (χ0n) is 26.8. The van der Waals surface area contributed by atoms with Crippen molar-refractivity contribution >= 4 is 46.5 Å². The lowest BCUT2D eigenvalue weighted by atomic mass is 9.44. The Morgan fingerprint density at radius 3 is 2.29 bits per heavy atom. The van der Waals surface area contributed by atoms with Crippen molar-refractivity contribution in [2.24, 2.45) is 23.7 Å². The number of aromatic hydroxyl groups is 1. The molecule has 3 aliphatic carbocycles. The van der Waals surface area contributed by atoms with Gasteiger partial charge in [0.1, 0.15) is 5.75 Å². The summed E-state index contributed by atoms with van der Waals surface area (Å²) in [6.45, 7) is 0.204. The predicted octanol–water partition coefficient (Wildman–Crippen LogP) is 6.52. The number of amides is 2. The van der Waals surface area contributed by atoms with E-state index in [1.54, 1.807) is 18.2 Å². The number of aliphatic carboxylic acids is 1. The summed E-state index contributed by atoms with van der Waals surface area (Å²) in [6, 6.07) is 23.0. The van der Waals surface area contributed by atoms with Gasteiger partial charge in [0, 0.05) is 35.4 Å². The second kappa shape index (κ2) is 12.9. The van der Waals surface area contributed by atoms with Gasteiger partial charge in [0.15, 0.2) is 11.6 Å². The standard InChI is InChI=1S/C40H36ClNO7/c41-32-20-25(43)15-16-27(32)36-26-17-18-28-35(39(49)42(38(28)48)19-9-3-8-14-34(45)46)30(26)21-31-37(47)29(23-10-4-1-5-11-23)22-33(44)40(31,36)24-12-6-2-7-13-24/h1-2,4-7,10-13,15-17,20,22,28,30-31,35-36,43H,3,8-9,14,18-19,21H2,(H,45,46)/t28-,30+,31-,35-,36+,40-/m0/s1. The first-order chi connectivity index (χ1) is 23.6. The van der Waals surface area contributed by atoms with Gasteiger partial charge in [-0.1, -0.05) is 96.4 Å². The van der Waals surface area contributed by atoms with Crippen molar-refractivity contribution in [3.63, 3.8) is 0 Å². The van der Waals surface area contributed by atoms with E-state index in [0.717, 1.165) is 5.57 Å². The lowest BCUT2D eigenvalue weighted by Crippen LogP contribution is -2.58. The first kappa shape index (κ1) is 32.7. The molecule has 0 aromatic heterocycles. The van der Waals surface area contributed by atoms with Crippen molar-refractivity contribution in [3.05, 3.63) is 118 Å². The Balaban J connectivity index is 1.38. The second-order valence-corrected chi connectivity index (χ2v) is 13.9. The third kappa shape index (κ3) is 5.33. The second-order valence-electron chi connectivity index (χ2n) is 13.5. The highest BCUT2D eigenvalue weighted by molar-refractivity contribution is 6.33. The maximum Gasteiger partial charge on any atom is 0.303 e. The Labute approximate surface area is 289 Å². The van der Waals surface area contributed by atoms with Gasteiger partial charge in [-0.3, -0.25) is 28.9 Å². The highest BCUT2D eigenvalue weighted by Gasteiger charge is 2.66. The molecule has 9 heteroatoms. The van der Waals surface area contributed by atoms with Gasteiger partial charge in [-0.15, -0.1) is 0 Å². The fourth-order valence-electron chi connectivity index (χ4n) is 8.98. The van der Waals surface area contributed by atoms with Gasteiger partial charge in [-0.25, -0.2) is 0 Å². The molecule has 250 valence electrons. The Morgan fingerprint density at radius 1 is 0.878 bits per heavy atom. The van der Waals surface area contributed by atoms with Crippen LogP contribution in [0.25, 0.3) is 5.57 Å². The number of Topliss-reactive ketones (excluding diaryl/α,β-unsaturated/α-hetero) is 1. The molecule has 4 aliphatic rings. The summed E-state index contributed by atoms with van der Waals surface area (Å²) in [7, 11) is 0. The molecule has 0 radical (unpaired) electrons. The number of carbonyl (C=O) groups excluding carboxylic acids is 4. The predicted molar refractivity (Wildman–Crippen MR) is 183 cm³/mol. The summed E-state index contributed by atoms with van der Waals surface area (Å²) >= 11 is 6.91. The minimum absolute atomic E-state index is 0.0282. The summed E-state index contributed by atoms with van der Waals surface area (Å²) in [5.41, 5.74) is 1.57. The van der Waals surface area contributed by atoms with Gasteiger partial charge in [-0.05, 0) is 66.5 Å². The van der Waals surface area contributed by atoms with Crippen LogP contribution < -0.4 is 0 Å². The van der Waals surface area contributed by atoms with E-state index in [-0.39, 0.29) is 53.5 Å². The monoisotopic (exact) mass is 677 g/mol. The molecule has 8 nitrogen and oxygen atoms in total. The number of ketones is 2. The number of unbranched alkanes of at least 4 members (excludes halogenated alkanes) is 2. The third-order valence-electron chi connectivity index (χ3n) is 11.0. The van der Waals surface area contributed by atoms with Crippen LogP contribution in [0, 0.1) is 23.7 Å². The molecule has 2 amide bonds. The SMILES string of the molecule is O=C(O)CCCCCN1C(=O)[C@H]2[C@H](CC=C3[C@H]2C[C@H]2C(=O)C(c4ccccc4)=CC(=O)[C@@]2(c2ccccc2)[C@H]3c2ccc(O)cc2Cl)C1=O. The highest BCUT2D eigenvalue weighted by Crippen LogP contribution is 2.64. The van der Waals surface area contributed by atoms with E-state index >= 15 is 4.79 Å². The Hall–Kier alpha value is -4.82. The number of imide groups is 1. The summed E-state index contributed by atoms with van der Waals surface area (Å²) in [5, 5.41) is 19.6. The minimum Gasteiger partial charge on any atom is -0.508 e. The Bertz CT molecular complexity index is 1920. The van der Waals surface area contributed by atoms with Crippen molar-refractivity contribution in [1.82, 2.24) is 4.90 Å². The van der Waals surface area contributed by atoms with E-state index in [1.807, 2.05) is 54.6 Å². The molecule has 2 N–H and O–H groups in total. The number of hydrogen-bond acceptors (Lipinski definition) is 6. The van der Waals surface area contributed by atoms with Crippen LogP contribution in [0.1, 0.15) is 61.1 Å². The molecule has 1 aliphatic heterocycles. The minimum atomic E-state index is -1.40. The number of halogens is 1. The number of phenols is 1. The molecule has 1 saturated heterocycles. The van der Waals surface area contributed by atoms with Gasteiger partial charge >= 0.3 is 5.97 Å². The summed E-state index contributed by atoms with van der Waals surface area (Å²) in [5.74, 6) is -5.39. The zero-order valence-corrected chi connectivity index (χ0v) is 27.5. The lowest BCUT2D eigenvalue weighted by molar-refractivity contribution is -0.141. The number of phenolic OH excluding ortho intramolecular Hbond substituents is 1. The molecule has 3 aromatic rings. The fourth-order valence-corrected chi connectivity index (χ4v) is 9.26. The smallest absolute Gasteiger partial charge is 0.303 e. The number of carboxylic acids is 1. The molecular weight excluding hydrogens is 642 g/mol. The van der Waals surface area contributed by atoms with Crippen LogP contribution in [0.15, 0.2) is 96.6 Å². The first-order valence-electron chi connectivity index (χ1n) is 16.8. The number of nitrogens with zero attached hydrogens (tertiary/aromatic N) is 1. The summed E-state index contributed by atoms with van der Waals surface area (Å²) in [6.07, 6.45) is 5.49. The number of hydrogen-bond donors (Lipinski definition) is 2. The number of benzene rings is 3. The molecule has 6 atom stereocenters. The van der Waals surface area contributed by atoms with E-state index in [4.69, 9.17) is 16.7 Å². The van der Waals surface area contributed by atoms with Gasteiger partial charge in [0.2, 0.25) is 11.8 Å². The van der Waals surface area contributed by atoms with Crippen molar-refractivity contribution in [1.29, 1.82) is 0 Å². The van der Waals surface area contributed by atoms with Crippen LogP contribution in [-0.2, 0) is 29.4 Å². The first-order valence-corrected chi connectivity index (χ1v) is 17.2. The molecule has 3 aromatic carbocycles. The molecule has 0 unspecified atom stereocenters. The van der Waals surface area contributed by atoms with Crippen LogP contribution in [0.4, 0.5) is 0 Å². The van der Waals surface area contributed by atoms with Crippen LogP contribution in [0.3, 0.4) is 0 Å². The topological polar surface area (TPSA) is 129 Å². The maximum absolute atomic E-state index is 15.0. The lowest BCUT2D eigenvalue weighted by Gasteiger charge is -2.55. The van der Waals surface area contributed by atoms with E-state index < -0.39 is 41.0 Å². The molecule has 0 bridgehead atoms. The maximum atomic E-state index is 15.0. The zero-order chi connectivity index (χ0) is 34.4. The van der Waals surface area contributed by atoms with Gasteiger partial charge in [0.05, 0.1) is 17.3 Å². The molecule has 2 fully saturated rings. The van der Waals surface area contributed by atoms with Crippen LogP contribution in [0.5, 0.6) is 5.75 Å². The fraction of sp³-hybridized carbons (Fsp3) is 0.325. The normalized spacial score (nSPS) is 27.6. The van der Waals surface area contributed by atoms with Crippen molar-refractivity contribution in [2.75, 3.05) is 6.54 Å². The van der Waals surface area contributed by atoms with E-state index in [2.05, 4.69) is 0 Å². The van der Waals surface area contributed by atoms with Gasteiger partial charge in [0.25, 0.3) is 0 Å². The highest BCUT2D eigenvalue weighted by atomic mass is 35.5. The number of allylic oxidation sites excluding steroid dienone is 4. The van der Waals surface area contributed by atoms with Crippen LogP contribution in [-0.4, -0.2) is 51.0 Å². The third-order valence-corrected chi connectivity index (χ3v) is 11.4. The van der Waals surface area contributed by atoms with Crippen LogP contribution in [0.2, 0.25) is 5.02 Å². The molecule has 1 heterocycles. The average Bonchev–Trinajstić information content (AvgIpc) is 3.34. The molecule has 1 saturated carbocycles. The van der Waals surface area contributed by atoms with Crippen molar-refractivity contribution in [2.45, 2.75) is 49.9 Å². The molecule has 0 spiro atoms. The molecular formula is C40H36ClNO7. The Morgan fingerprint density at radius 2 is 1.59 bits per heavy atom. The number of carboxylic acid groups (broad SMARTS) is 1. The quantitative estimate of drug-likeness (QED) is 0.150. The molecule has 7 rings (SSSR count). The number of carbonyl (C=O) groups is 5. The van der Waals surface area contributed by atoms with E-state index in [9.17, 15) is 24.3 Å². The largest absolute Gasteiger partial charge is 0.508 e. The van der Waals surface area contributed by atoms with E-state index in [1.165, 1.54) is 23.1 Å². The summed E-state index contributed by atoms with van der Waals surface area (Å²) < 4.78 is 0. The summed E-state index contributed by atoms with van der Waals surface area (Å²) in [4.78, 5) is 70.2.